The largest absolute Gasteiger partial charge is 0.495 e. The van der Waals surface area contributed by atoms with E-state index in [1.165, 1.54) is 52.3 Å². The number of allylic oxidation sites excluding steroid dienone is 3. The van der Waals surface area contributed by atoms with Crippen LogP contribution in [0.4, 0.5) is 21.0 Å². The number of carbonyl (C=O) groups is 9. The first kappa shape index (κ1) is 74.8. The van der Waals surface area contributed by atoms with Crippen molar-refractivity contribution in [3.63, 3.8) is 0 Å². The highest BCUT2D eigenvalue weighted by molar-refractivity contribution is 9.09. The van der Waals surface area contributed by atoms with Gasteiger partial charge in [0.1, 0.15) is 53.1 Å². The van der Waals surface area contributed by atoms with Crippen LogP contribution in [-0.4, -0.2) is 185 Å². The van der Waals surface area contributed by atoms with Gasteiger partial charge in [-0.2, -0.15) is 0 Å². The number of alkyl halides is 1. The summed E-state index contributed by atoms with van der Waals surface area (Å²) in [6, 6.07) is 1.35. The molecule has 4 bridgehead atoms. The number of aldehydes is 1. The molecule has 0 spiro atoms. The number of ether oxygens (including phenoxy) is 6. The Morgan fingerprint density at radius 1 is 1.05 bits per heavy atom. The highest BCUT2D eigenvalue weighted by Crippen LogP contribution is 2.49. The summed E-state index contributed by atoms with van der Waals surface area (Å²) in [5.74, 6) is -5.44. The molecule has 3 aliphatic rings. The average molecular weight is 1380 g/mol. The fraction of sp³-hybridized carbons (Fsp3) is 0.565. The quantitative estimate of drug-likeness (QED) is 0.0119. The van der Waals surface area contributed by atoms with E-state index in [0.717, 1.165) is 22.8 Å². The Morgan fingerprint density at radius 3 is 2.36 bits per heavy atom. The van der Waals surface area contributed by atoms with Gasteiger partial charge in [-0.05, 0) is 108 Å². The molecule has 29 heteroatoms. The molecular formula is C62H86BrClN8O18S. The first-order chi connectivity index (χ1) is 42.6. The molecule has 0 saturated carbocycles. The summed E-state index contributed by atoms with van der Waals surface area (Å²) in [5.41, 5.74) is 3.41. The van der Waals surface area contributed by atoms with Gasteiger partial charge in [0.25, 0.3) is 5.91 Å². The number of nitrogens with one attached hydrogen (secondary N) is 5. The molecule has 2 aromatic carbocycles. The van der Waals surface area contributed by atoms with E-state index >= 15 is 0 Å². The number of epoxide rings is 1. The van der Waals surface area contributed by atoms with E-state index in [0.29, 0.717) is 31.1 Å². The molecule has 26 nitrogen and oxygen atoms in total. The Hall–Kier alpha value is -6.95. The van der Waals surface area contributed by atoms with Gasteiger partial charge in [0.05, 0.1) is 54.1 Å². The van der Waals surface area contributed by atoms with Crippen LogP contribution in [0.2, 0.25) is 5.02 Å². The number of urea groups is 1. The van der Waals surface area contributed by atoms with Crippen LogP contribution >= 0.6 is 27.5 Å². The van der Waals surface area contributed by atoms with Crippen molar-refractivity contribution < 1.29 is 85.1 Å². The second kappa shape index (κ2) is 32.6. The first-order valence-corrected chi connectivity index (χ1v) is 33.0. The van der Waals surface area contributed by atoms with Crippen LogP contribution in [0, 0.1) is 11.8 Å². The van der Waals surface area contributed by atoms with E-state index in [-0.39, 0.29) is 70.8 Å². The minimum Gasteiger partial charge on any atom is -0.495 e. The van der Waals surface area contributed by atoms with E-state index in [2.05, 4.69) is 49.1 Å². The normalized spacial score (nSPS) is 24.4. The summed E-state index contributed by atoms with van der Waals surface area (Å²) in [4.78, 5) is 123. The van der Waals surface area contributed by atoms with Crippen molar-refractivity contribution in [2.45, 2.75) is 171 Å². The number of halogens is 2. The predicted octanol–water partition coefficient (Wildman–Crippen LogP) is 5.34. The molecule has 0 aromatic heterocycles. The van der Waals surface area contributed by atoms with Crippen LogP contribution in [0.15, 0.2) is 71.2 Å². The fourth-order valence-electron chi connectivity index (χ4n) is 10.7. The third-order valence-corrected chi connectivity index (χ3v) is 18.5. The highest BCUT2D eigenvalue weighted by atomic mass is 79.9. The number of hydrogen-bond acceptors (Lipinski definition) is 19. The summed E-state index contributed by atoms with van der Waals surface area (Å²) in [6.45, 7) is 15.3. The van der Waals surface area contributed by atoms with Crippen LogP contribution in [0.5, 0.6) is 5.75 Å². The Labute approximate surface area is 544 Å². The number of fused-ring (bicyclic) bond motifs is 5. The minimum absolute atomic E-state index is 0.00435. The maximum atomic E-state index is 14.6. The second-order valence-electron chi connectivity index (χ2n) is 23.8. The average Bonchev–Trinajstić information content (AvgIpc) is 1.58. The number of amides is 7. The molecule has 12 atom stereocenters. The summed E-state index contributed by atoms with van der Waals surface area (Å²) in [6.07, 6.45) is 1.65. The molecular weight excluding hydrogens is 1290 g/mol. The molecule has 7 amide bonds. The molecule has 8 N–H and O–H groups in total. The number of aliphatic hydroxyl groups is 1. The van der Waals surface area contributed by atoms with Crippen LogP contribution in [-0.2, 0) is 68.7 Å². The molecule has 2 saturated heterocycles. The lowest BCUT2D eigenvalue weighted by Crippen LogP contribution is -2.63. The molecule has 0 radical (unpaired) electrons. The van der Waals surface area contributed by atoms with Gasteiger partial charge >= 0.3 is 24.1 Å². The van der Waals surface area contributed by atoms with E-state index in [4.69, 9.17) is 45.8 Å². The zero-order valence-corrected chi connectivity index (χ0v) is 56.5. The van der Waals surface area contributed by atoms with E-state index < -0.39 is 147 Å². The summed E-state index contributed by atoms with van der Waals surface area (Å²) < 4.78 is 62.0. The molecule has 2 aromatic rings. The smallest absolute Gasteiger partial charge is 0.409 e. The molecule has 502 valence electrons. The van der Waals surface area contributed by atoms with Crippen molar-refractivity contribution >= 4 is 103 Å². The number of primary amides is 1. The van der Waals surface area contributed by atoms with Gasteiger partial charge in [0.2, 0.25) is 17.7 Å². The number of benzene rings is 2. The van der Waals surface area contributed by atoms with Crippen molar-refractivity contribution in [1.82, 2.24) is 26.2 Å². The monoisotopic (exact) mass is 1380 g/mol. The van der Waals surface area contributed by atoms with Crippen molar-refractivity contribution in [1.29, 1.82) is 0 Å². The maximum absolute atomic E-state index is 14.6. The summed E-state index contributed by atoms with van der Waals surface area (Å²) >= 11 is 10.0. The Kier molecular flexibility index (Phi) is 26.8. The number of alkyl carbamates (subject to hydrolysis) is 1. The lowest BCUT2D eigenvalue weighted by atomic mass is 9.83. The number of anilines is 2. The first-order valence-electron chi connectivity index (χ1n) is 29.6. The van der Waals surface area contributed by atoms with Crippen molar-refractivity contribution in [3.05, 3.63) is 82.4 Å². The van der Waals surface area contributed by atoms with Crippen molar-refractivity contribution in [2.75, 3.05) is 56.7 Å². The number of esters is 2. The van der Waals surface area contributed by atoms with Gasteiger partial charge in [0, 0.05) is 62.8 Å². The summed E-state index contributed by atoms with van der Waals surface area (Å²) in [5, 5.41) is 25.5. The number of likely N-dealkylation sites (N-methyl/N-ethyl adjacent to an activating group) is 1. The van der Waals surface area contributed by atoms with Gasteiger partial charge in [-0.1, -0.05) is 78.7 Å². The number of hydrogen-bond donors (Lipinski definition) is 7. The molecule has 91 heavy (non-hydrogen) atoms. The molecule has 3 heterocycles. The molecule has 3 aliphatic heterocycles. The highest BCUT2D eigenvalue weighted by Gasteiger charge is 2.64. The minimum atomic E-state index is -4.28. The van der Waals surface area contributed by atoms with E-state index in [1.807, 2.05) is 6.92 Å². The standard InChI is InChI=1S/C62H86BrClN8O18S/c1-33(2)52(67-41(32-73)19-15-18-36(5)87-57(78)35(4)31-63)55(76)69-43(20-16-24-66-59(65)80)54(75)68-42-23-22-40(28-47(42)91(13,83)84)56(77)71(9)38(7)58(79)89-49-29-50(74)72(10)44-26-39(27-45(85-11)51(44)64)25-34(3)17-14-21-48(86-12)62(82)30-46(88-60(81)70-62)37(6)53-61(49,8)90-53/h14,17,21-23,26-28,32-33,36-38,41,43,46,48-49,52-53,67,82H,4,15-16,18-20,24-25,29-31H2,1-3,5-13H3,(H,68,75)(H,69,76)(H,70,81)(H3,65,66,80)/b21-14+,34-17+/t36?,37-,38+,41?,43+,46+,48-,49+,52+,53+,61+,62+/m1/s1. The second-order valence-corrected chi connectivity index (χ2v) is 26.7. The van der Waals surface area contributed by atoms with E-state index in [1.54, 1.807) is 65.0 Å². The van der Waals surface area contributed by atoms with Gasteiger partial charge in [-0.15, -0.1) is 0 Å². The van der Waals surface area contributed by atoms with Gasteiger partial charge in [-0.25, -0.2) is 27.6 Å². The number of sulfone groups is 1. The predicted molar refractivity (Wildman–Crippen MR) is 341 cm³/mol. The van der Waals surface area contributed by atoms with Crippen LogP contribution in [0.25, 0.3) is 0 Å². The zero-order valence-electron chi connectivity index (χ0n) is 53.3. The van der Waals surface area contributed by atoms with Gasteiger partial charge in [-0.3, -0.25) is 29.8 Å². The third kappa shape index (κ3) is 19.8. The Morgan fingerprint density at radius 2 is 1.75 bits per heavy atom. The van der Waals surface area contributed by atoms with Gasteiger partial charge < -0.3 is 69.8 Å². The number of carbonyl (C=O) groups excluding carboxylic acids is 9. The molecule has 0 aliphatic carbocycles. The van der Waals surface area contributed by atoms with Crippen molar-refractivity contribution in [2.24, 2.45) is 17.6 Å². The fourth-order valence-corrected chi connectivity index (χ4v) is 12.1. The maximum Gasteiger partial charge on any atom is 0.409 e. The number of nitrogens with two attached hydrogens (primary N) is 1. The number of methoxy groups -OCH3 is 2. The lowest BCUT2D eigenvalue weighted by molar-refractivity contribution is -0.158. The molecule has 2 unspecified atom stereocenters. The van der Waals surface area contributed by atoms with Crippen LogP contribution in [0.1, 0.15) is 109 Å². The van der Waals surface area contributed by atoms with Crippen LogP contribution in [0.3, 0.4) is 0 Å². The topological polar surface area (TPSA) is 359 Å². The number of nitrogens with zero attached hydrogens (tertiary/aromatic N) is 2. The SMILES string of the molecule is C=C(CBr)C(=O)OC(C)CCCC(C=O)N[C@H](C(=O)N[C@@H](CCCNC(N)=O)C(=O)Nc1ccc(C(=O)N(C)[C@@H](C)C(=O)O[C@H]2CC(=O)N(C)c3cc(cc(OC)c3Cl)C/C(C)=C/C=C/[C@@H](OC)[C@@]3(O)C[C@H](OC(=O)N3)[C@@H](C)[C@@H]3O[C@@]23C)cc1S(C)(=O)=O)C(C)C. The Bertz CT molecular complexity index is 3240. The third-order valence-electron chi connectivity index (χ3n) is 16.3. The lowest BCUT2D eigenvalue weighted by Gasteiger charge is -2.42. The number of rotatable bonds is 26. The van der Waals surface area contributed by atoms with E-state index in [9.17, 15) is 56.7 Å². The zero-order chi connectivity index (χ0) is 68.0. The molecule has 2 fully saturated rings. The van der Waals surface area contributed by atoms with Crippen LogP contribution < -0.4 is 42.0 Å². The molecule has 5 rings (SSSR count). The van der Waals surface area contributed by atoms with Gasteiger partial charge in [0.15, 0.2) is 15.6 Å². The van der Waals surface area contributed by atoms with Crippen molar-refractivity contribution in [3.8, 4) is 5.75 Å². The Balaban J connectivity index is 1.40. The summed E-state index contributed by atoms with van der Waals surface area (Å²) in [7, 11) is 1.29.